The maximum absolute atomic E-state index is 12.1. The standard InChI is InChI=1S/C15H18ClNO3/c1-20-14(18)9-13(11-7-2-3-8-12(11)16)17-15(19)10-5-4-6-10/h2-3,7-8,10,13H,4-6,9H2,1H3,(H,17,19)/t13-/m1/s1. The maximum atomic E-state index is 12.1. The zero-order chi connectivity index (χ0) is 14.5. The summed E-state index contributed by atoms with van der Waals surface area (Å²) in [4.78, 5) is 23.6. The minimum Gasteiger partial charge on any atom is -0.469 e. The van der Waals surface area contributed by atoms with Gasteiger partial charge in [0.05, 0.1) is 19.6 Å². The highest BCUT2D eigenvalue weighted by Gasteiger charge is 2.28. The van der Waals surface area contributed by atoms with Gasteiger partial charge in [-0.05, 0) is 24.5 Å². The third-order valence-electron chi connectivity index (χ3n) is 3.67. The molecule has 1 atom stereocenters. The summed E-state index contributed by atoms with van der Waals surface area (Å²) in [5.41, 5.74) is 0.743. The highest BCUT2D eigenvalue weighted by atomic mass is 35.5. The number of ether oxygens (including phenoxy) is 1. The van der Waals surface area contributed by atoms with Crippen LogP contribution in [0.4, 0.5) is 0 Å². The van der Waals surface area contributed by atoms with Crippen LogP contribution in [0.15, 0.2) is 24.3 Å². The van der Waals surface area contributed by atoms with Gasteiger partial charge < -0.3 is 10.1 Å². The summed E-state index contributed by atoms with van der Waals surface area (Å²) in [6.45, 7) is 0. The number of benzene rings is 1. The third kappa shape index (κ3) is 3.51. The van der Waals surface area contributed by atoms with Gasteiger partial charge in [-0.3, -0.25) is 9.59 Å². The largest absolute Gasteiger partial charge is 0.469 e. The summed E-state index contributed by atoms with van der Waals surface area (Å²) in [6, 6.07) is 6.77. The minimum absolute atomic E-state index is 0.00919. The molecule has 1 saturated carbocycles. The average Bonchev–Trinajstić information content (AvgIpc) is 2.36. The molecule has 1 amide bonds. The SMILES string of the molecule is COC(=O)C[C@@H](NC(=O)C1CCC1)c1ccccc1Cl. The first-order chi connectivity index (χ1) is 9.61. The molecule has 0 heterocycles. The summed E-state index contributed by atoms with van der Waals surface area (Å²) in [6.07, 6.45) is 3.00. The Morgan fingerprint density at radius 3 is 2.65 bits per heavy atom. The minimum atomic E-state index is -0.441. The van der Waals surface area contributed by atoms with E-state index < -0.39 is 6.04 Å². The van der Waals surface area contributed by atoms with Crippen LogP contribution < -0.4 is 5.32 Å². The van der Waals surface area contributed by atoms with Crippen LogP contribution in [-0.4, -0.2) is 19.0 Å². The summed E-state index contributed by atoms with van der Waals surface area (Å²) < 4.78 is 4.69. The number of halogens is 1. The van der Waals surface area contributed by atoms with Gasteiger partial charge in [-0.2, -0.15) is 0 Å². The van der Waals surface area contributed by atoms with Gasteiger partial charge in [0.2, 0.25) is 5.91 Å². The van der Waals surface area contributed by atoms with Gasteiger partial charge in [-0.25, -0.2) is 0 Å². The quantitative estimate of drug-likeness (QED) is 0.850. The van der Waals surface area contributed by atoms with E-state index in [2.05, 4.69) is 5.32 Å². The lowest BCUT2D eigenvalue weighted by atomic mass is 9.84. The highest BCUT2D eigenvalue weighted by molar-refractivity contribution is 6.31. The molecule has 0 radical (unpaired) electrons. The van der Waals surface area contributed by atoms with Crippen molar-refractivity contribution in [2.24, 2.45) is 5.92 Å². The average molecular weight is 296 g/mol. The first kappa shape index (κ1) is 14.9. The Kier molecular flexibility index (Phi) is 5.01. The fourth-order valence-electron chi connectivity index (χ4n) is 2.21. The van der Waals surface area contributed by atoms with E-state index in [1.54, 1.807) is 6.07 Å². The van der Waals surface area contributed by atoms with Crippen molar-refractivity contribution in [1.82, 2.24) is 5.32 Å². The van der Waals surface area contributed by atoms with E-state index in [-0.39, 0.29) is 24.2 Å². The van der Waals surface area contributed by atoms with Crippen molar-refractivity contribution >= 4 is 23.5 Å². The van der Waals surface area contributed by atoms with Crippen LogP contribution in [0.2, 0.25) is 5.02 Å². The predicted molar refractivity (Wildman–Crippen MR) is 76.3 cm³/mol. The van der Waals surface area contributed by atoms with Crippen LogP contribution in [0.5, 0.6) is 0 Å². The number of esters is 1. The van der Waals surface area contributed by atoms with E-state index in [0.717, 1.165) is 24.8 Å². The van der Waals surface area contributed by atoms with E-state index in [9.17, 15) is 9.59 Å². The Bertz CT molecular complexity index is 500. The monoisotopic (exact) mass is 295 g/mol. The number of hydrogen-bond donors (Lipinski definition) is 1. The molecule has 0 saturated heterocycles. The zero-order valence-corrected chi connectivity index (χ0v) is 12.2. The molecule has 1 N–H and O–H groups in total. The fourth-order valence-corrected chi connectivity index (χ4v) is 2.47. The first-order valence-electron chi connectivity index (χ1n) is 6.73. The Labute approximate surface area is 123 Å². The van der Waals surface area contributed by atoms with Crippen molar-refractivity contribution in [3.05, 3.63) is 34.9 Å². The van der Waals surface area contributed by atoms with Gasteiger partial charge in [-0.15, -0.1) is 0 Å². The molecule has 4 nitrogen and oxygen atoms in total. The van der Waals surface area contributed by atoms with E-state index in [1.165, 1.54) is 7.11 Å². The lowest BCUT2D eigenvalue weighted by molar-refractivity contribution is -0.141. The second kappa shape index (κ2) is 6.75. The van der Waals surface area contributed by atoms with Gasteiger partial charge in [-0.1, -0.05) is 36.2 Å². The predicted octanol–water partition coefficient (Wildman–Crippen LogP) is 2.86. The van der Waals surface area contributed by atoms with Crippen LogP contribution in [0.25, 0.3) is 0 Å². The van der Waals surface area contributed by atoms with Crippen molar-refractivity contribution in [1.29, 1.82) is 0 Å². The molecule has 0 bridgehead atoms. The Hall–Kier alpha value is -1.55. The van der Waals surface area contributed by atoms with Crippen LogP contribution in [0, 0.1) is 5.92 Å². The molecule has 20 heavy (non-hydrogen) atoms. The van der Waals surface area contributed by atoms with Crippen molar-refractivity contribution < 1.29 is 14.3 Å². The number of methoxy groups -OCH3 is 1. The number of nitrogens with one attached hydrogen (secondary N) is 1. The van der Waals surface area contributed by atoms with Crippen molar-refractivity contribution in [3.63, 3.8) is 0 Å². The smallest absolute Gasteiger partial charge is 0.307 e. The molecular weight excluding hydrogens is 278 g/mol. The second-order valence-electron chi connectivity index (χ2n) is 4.99. The number of carbonyl (C=O) groups is 2. The Morgan fingerprint density at radius 2 is 2.10 bits per heavy atom. The molecule has 1 fully saturated rings. The van der Waals surface area contributed by atoms with Crippen molar-refractivity contribution in [2.75, 3.05) is 7.11 Å². The second-order valence-corrected chi connectivity index (χ2v) is 5.40. The summed E-state index contributed by atoms with van der Waals surface area (Å²) in [5.74, 6) is -0.313. The maximum Gasteiger partial charge on any atom is 0.307 e. The molecule has 0 aliphatic heterocycles. The Balaban J connectivity index is 2.13. The molecular formula is C15H18ClNO3. The van der Waals surface area contributed by atoms with Gasteiger partial charge in [0.25, 0.3) is 0 Å². The molecule has 1 aliphatic rings. The zero-order valence-electron chi connectivity index (χ0n) is 11.4. The topological polar surface area (TPSA) is 55.4 Å². The van der Waals surface area contributed by atoms with E-state index in [4.69, 9.17) is 16.3 Å². The first-order valence-corrected chi connectivity index (χ1v) is 7.11. The molecule has 5 heteroatoms. The fraction of sp³-hybridized carbons (Fsp3) is 0.467. The molecule has 0 unspecified atom stereocenters. The van der Waals surface area contributed by atoms with Gasteiger partial charge in [0.15, 0.2) is 0 Å². The Morgan fingerprint density at radius 1 is 1.40 bits per heavy atom. The lowest BCUT2D eigenvalue weighted by Crippen LogP contribution is -2.38. The van der Waals surface area contributed by atoms with Gasteiger partial charge >= 0.3 is 5.97 Å². The van der Waals surface area contributed by atoms with E-state index >= 15 is 0 Å². The lowest BCUT2D eigenvalue weighted by Gasteiger charge is -2.27. The molecule has 108 valence electrons. The summed E-state index contributed by atoms with van der Waals surface area (Å²) in [5, 5.41) is 3.45. The number of amides is 1. The molecule has 1 aromatic carbocycles. The van der Waals surface area contributed by atoms with E-state index in [1.807, 2.05) is 18.2 Å². The normalized spacial score (nSPS) is 16.1. The molecule has 0 spiro atoms. The third-order valence-corrected chi connectivity index (χ3v) is 4.02. The van der Waals surface area contributed by atoms with Gasteiger partial charge in [0.1, 0.15) is 0 Å². The molecule has 1 aliphatic carbocycles. The van der Waals surface area contributed by atoms with Gasteiger partial charge in [0, 0.05) is 10.9 Å². The van der Waals surface area contributed by atoms with E-state index in [0.29, 0.717) is 5.02 Å². The van der Waals surface area contributed by atoms with Crippen LogP contribution in [-0.2, 0) is 14.3 Å². The van der Waals surface area contributed by atoms with Crippen molar-refractivity contribution in [2.45, 2.75) is 31.7 Å². The molecule has 0 aromatic heterocycles. The highest BCUT2D eigenvalue weighted by Crippen LogP contribution is 2.29. The van der Waals surface area contributed by atoms with Crippen molar-refractivity contribution in [3.8, 4) is 0 Å². The number of carbonyl (C=O) groups excluding carboxylic acids is 2. The summed E-state index contributed by atoms with van der Waals surface area (Å²) in [7, 11) is 1.33. The number of hydrogen-bond acceptors (Lipinski definition) is 3. The molecule has 1 aromatic rings. The van der Waals surface area contributed by atoms with Crippen LogP contribution in [0.1, 0.15) is 37.3 Å². The molecule has 2 rings (SSSR count). The number of rotatable bonds is 5. The summed E-state index contributed by atoms with van der Waals surface area (Å²) >= 11 is 6.15. The van der Waals surface area contributed by atoms with Crippen LogP contribution >= 0.6 is 11.6 Å². The van der Waals surface area contributed by atoms with Crippen LogP contribution in [0.3, 0.4) is 0 Å².